The lowest BCUT2D eigenvalue weighted by molar-refractivity contribution is 0.198. The Morgan fingerprint density at radius 2 is 1.94 bits per heavy atom. The third-order valence-electron chi connectivity index (χ3n) is 5.59. The minimum Gasteiger partial charge on any atom is -0.443 e. The van der Waals surface area contributed by atoms with Crippen LogP contribution in [0.1, 0.15) is 63.3 Å². The maximum absolute atomic E-state index is 5.87. The monoisotopic (exact) mass is 539 g/mol. The zero-order chi connectivity index (χ0) is 21.6. The Hall–Kier alpha value is -1.61. The van der Waals surface area contributed by atoms with Crippen LogP contribution in [0, 0.1) is 6.92 Å². The third kappa shape index (κ3) is 7.79. The Kier molecular flexibility index (Phi) is 9.81. The Morgan fingerprint density at radius 3 is 2.55 bits per heavy atom. The van der Waals surface area contributed by atoms with Crippen LogP contribution in [0.15, 0.2) is 39.9 Å². The van der Waals surface area contributed by atoms with Gasteiger partial charge in [0.1, 0.15) is 12.3 Å². The number of nitrogens with zero attached hydrogens (tertiary/aromatic N) is 3. The number of aryl methyl sites for hydroxylation is 1. The lowest BCUT2D eigenvalue weighted by atomic mass is 9.94. The number of hydrogen-bond donors (Lipinski definition) is 2. The highest BCUT2D eigenvalue weighted by molar-refractivity contribution is 14.0. The number of benzene rings is 1. The molecule has 0 saturated carbocycles. The first-order chi connectivity index (χ1) is 14.3. The molecule has 0 bridgehead atoms. The van der Waals surface area contributed by atoms with Crippen molar-refractivity contribution in [3.05, 3.63) is 53.2 Å². The number of rotatable bonds is 6. The number of oxazole rings is 1. The van der Waals surface area contributed by atoms with Crippen molar-refractivity contribution in [2.75, 3.05) is 19.6 Å². The van der Waals surface area contributed by atoms with Gasteiger partial charge in [0.25, 0.3) is 0 Å². The third-order valence-corrected chi connectivity index (χ3v) is 5.59. The fraction of sp³-hybridized carbons (Fsp3) is 0.583. The van der Waals surface area contributed by atoms with E-state index in [2.05, 4.69) is 79.4 Å². The summed E-state index contributed by atoms with van der Waals surface area (Å²) in [7, 11) is 0. The van der Waals surface area contributed by atoms with Gasteiger partial charge in [0.2, 0.25) is 5.89 Å². The molecule has 1 aromatic carbocycles. The van der Waals surface area contributed by atoms with Crippen LogP contribution >= 0.6 is 24.0 Å². The molecule has 0 spiro atoms. The van der Waals surface area contributed by atoms with Crippen molar-refractivity contribution in [3.63, 3.8) is 0 Å². The van der Waals surface area contributed by atoms with Crippen LogP contribution < -0.4 is 10.6 Å². The average Bonchev–Trinajstić information content (AvgIpc) is 3.19. The molecule has 2 aromatic rings. The van der Waals surface area contributed by atoms with E-state index in [0.29, 0.717) is 18.5 Å². The molecule has 0 aliphatic carbocycles. The van der Waals surface area contributed by atoms with Gasteiger partial charge in [-0.15, -0.1) is 24.0 Å². The van der Waals surface area contributed by atoms with Crippen LogP contribution in [0.5, 0.6) is 0 Å². The minimum absolute atomic E-state index is 0. The number of aliphatic imine (C=N–C) groups is 1. The number of nitrogens with one attached hydrogen (secondary N) is 2. The Balaban J connectivity index is 0.00000341. The van der Waals surface area contributed by atoms with Crippen LogP contribution in [0.2, 0.25) is 0 Å². The summed E-state index contributed by atoms with van der Waals surface area (Å²) in [5.74, 6) is 2.39. The summed E-state index contributed by atoms with van der Waals surface area (Å²) in [6.45, 7) is 15.2. The molecule has 172 valence electrons. The number of hydrogen-bond acceptors (Lipinski definition) is 4. The molecule has 0 unspecified atom stereocenters. The molecule has 0 atom stereocenters. The quantitative estimate of drug-likeness (QED) is 0.319. The highest BCUT2D eigenvalue weighted by Crippen LogP contribution is 2.23. The highest BCUT2D eigenvalue weighted by Gasteiger charge is 2.21. The van der Waals surface area contributed by atoms with Gasteiger partial charge in [0.15, 0.2) is 5.96 Å². The molecule has 2 heterocycles. The van der Waals surface area contributed by atoms with Crippen LogP contribution in [-0.2, 0) is 18.5 Å². The van der Waals surface area contributed by atoms with E-state index in [-0.39, 0.29) is 29.4 Å². The van der Waals surface area contributed by atoms with Gasteiger partial charge in [-0.05, 0) is 37.8 Å². The van der Waals surface area contributed by atoms with Crippen molar-refractivity contribution in [3.8, 4) is 0 Å². The summed E-state index contributed by atoms with van der Waals surface area (Å²) in [4.78, 5) is 11.6. The zero-order valence-corrected chi connectivity index (χ0v) is 21.9. The van der Waals surface area contributed by atoms with Crippen molar-refractivity contribution in [2.24, 2.45) is 4.99 Å². The Bertz CT molecular complexity index is 834. The molecule has 3 rings (SSSR count). The average molecular weight is 540 g/mol. The lowest BCUT2D eigenvalue weighted by Gasteiger charge is -2.33. The molecule has 31 heavy (non-hydrogen) atoms. The van der Waals surface area contributed by atoms with Gasteiger partial charge >= 0.3 is 0 Å². The smallest absolute Gasteiger partial charge is 0.216 e. The van der Waals surface area contributed by atoms with Crippen LogP contribution in [-0.4, -0.2) is 41.5 Å². The molecule has 0 radical (unpaired) electrons. The summed E-state index contributed by atoms with van der Waals surface area (Å²) >= 11 is 0. The normalized spacial score (nSPS) is 16.1. The van der Waals surface area contributed by atoms with Gasteiger partial charge in [0, 0.05) is 37.6 Å². The van der Waals surface area contributed by atoms with Gasteiger partial charge in [-0.2, -0.15) is 0 Å². The maximum Gasteiger partial charge on any atom is 0.216 e. The van der Waals surface area contributed by atoms with Gasteiger partial charge < -0.3 is 15.1 Å². The van der Waals surface area contributed by atoms with E-state index >= 15 is 0 Å². The largest absolute Gasteiger partial charge is 0.443 e. The van der Waals surface area contributed by atoms with E-state index in [4.69, 9.17) is 9.41 Å². The number of guanidine groups is 1. The van der Waals surface area contributed by atoms with E-state index < -0.39 is 0 Å². The van der Waals surface area contributed by atoms with Crippen LogP contribution in [0.4, 0.5) is 0 Å². The highest BCUT2D eigenvalue weighted by atomic mass is 127. The second kappa shape index (κ2) is 11.9. The second-order valence-corrected chi connectivity index (χ2v) is 9.18. The van der Waals surface area contributed by atoms with Gasteiger partial charge in [-0.3, -0.25) is 4.90 Å². The van der Waals surface area contributed by atoms with Gasteiger partial charge in [-0.25, -0.2) is 9.98 Å². The first-order valence-corrected chi connectivity index (χ1v) is 11.1. The lowest BCUT2D eigenvalue weighted by Crippen LogP contribution is -2.48. The zero-order valence-electron chi connectivity index (χ0n) is 19.6. The van der Waals surface area contributed by atoms with Crippen molar-refractivity contribution in [1.29, 1.82) is 0 Å². The minimum atomic E-state index is -0.0377. The summed E-state index contributed by atoms with van der Waals surface area (Å²) in [6.07, 6.45) is 4.04. The molecule has 2 N–H and O–H groups in total. The maximum atomic E-state index is 5.87. The fourth-order valence-corrected chi connectivity index (χ4v) is 3.65. The second-order valence-electron chi connectivity index (χ2n) is 9.18. The number of likely N-dealkylation sites (tertiary alicyclic amines) is 1. The number of piperidine rings is 1. The molecule has 7 heteroatoms. The Labute approximate surface area is 204 Å². The van der Waals surface area contributed by atoms with Crippen LogP contribution in [0.25, 0.3) is 0 Å². The fourth-order valence-electron chi connectivity index (χ4n) is 3.65. The summed E-state index contributed by atoms with van der Waals surface area (Å²) in [6, 6.07) is 9.11. The van der Waals surface area contributed by atoms with Gasteiger partial charge in [-0.1, -0.05) is 45.0 Å². The van der Waals surface area contributed by atoms with Crippen molar-refractivity contribution >= 4 is 29.9 Å². The number of halogens is 1. The molecule has 1 fully saturated rings. The van der Waals surface area contributed by atoms with E-state index in [1.807, 2.05) is 6.20 Å². The van der Waals surface area contributed by atoms with Crippen molar-refractivity contribution in [2.45, 2.75) is 72.0 Å². The summed E-state index contributed by atoms with van der Waals surface area (Å²) in [5.41, 5.74) is 2.77. The van der Waals surface area contributed by atoms with E-state index in [1.54, 1.807) is 0 Å². The molecule has 6 nitrogen and oxygen atoms in total. The number of aromatic nitrogens is 1. The first-order valence-electron chi connectivity index (χ1n) is 11.1. The van der Waals surface area contributed by atoms with Gasteiger partial charge in [0.05, 0.1) is 6.20 Å². The summed E-state index contributed by atoms with van der Waals surface area (Å²) < 4.78 is 5.87. The topological polar surface area (TPSA) is 65.7 Å². The molecule has 1 saturated heterocycles. The van der Waals surface area contributed by atoms with Crippen molar-refractivity contribution < 1.29 is 4.42 Å². The predicted molar refractivity (Wildman–Crippen MR) is 138 cm³/mol. The predicted octanol–water partition coefficient (Wildman–Crippen LogP) is 4.62. The van der Waals surface area contributed by atoms with E-state index in [0.717, 1.165) is 50.7 Å². The molecular formula is C24H38IN5O. The Morgan fingerprint density at radius 1 is 1.23 bits per heavy atom. The first kappa shape index (κ1) is 25.6. The molecular weight excluding hydrogens is 501 g/mol. The van der Waals surface area contributed by atoms with Crippen molar-refractivity contribution in [1.82, 2.24) is 20.5 Å². The standard InChI is InChI=1S/C24H37N5O.HI/c1-6-25-23(27-16-22-26-15-21(30-22)24(3,4)5)28-20-11-13-29(14-12-20)17-19-10-8-7-9-18(19)2;/h7-10,15,20H,6,11-14,16-17H2,1-5H3,(H2,25,27,28);1H. The van der Waals surface area contributed by atoms with E-state index in [1.165, 1.54) is 11.1 Å². The summed E-state index contributed by atoms with van der Waals surface area (Å²) in [5, 5.41) is 6.95. The van der Waals surface area contributed by atoms with E-state index in [9.17, 15) is 0 Å². The van der Waals surface area contributed by atoms with Crippen LogP contribution in [0.3, 0.4) is 0 Å². The molecule has 1 aromatic heterocycles. The molecule has 1 aliphatic rings. The molecule has 0 amide bonds. The molecule has 1 aliphatic heterocycles. The SMILES string of the molecule is CCNC(=NCc1ncc(C(C)(C)C)o1)NC1CCN(Cc2ccccc2C)CC1.I.